The number of benzene rings is 1. The standard InChI is InChI=1S/C22H20N4O8S2.Na/c23-18(27)13-6-8-25(9-7-13)10-14-11-35-21-15(20(29)26(21)16(14)22(30)31)24-19(28)17(36(32,33)34)12-4-2-1-3-5-12;/h1-9,15,17,21H,10-11H2,(H4-,23,24,27,28,30,31,32,33,34);/p+1. The molecule has 15 heteroatoms. The fraction of sp³-hybridized carbons (Fsp3) is 0.227. The largest absolute Gasteiger partial charge is 0.477 e. The predicted molar refractivity (Wildman–Crippen MR) is 131 cm³/mol. The molecule has 2 aliphatic rings. The van der Waals surface area contributed by atoms with E-state index in [1.807, 2.05) is 0 Å². The van der Waals surface area contributed by atoms with E-state index in [2.05, 4.69) is 5.32 Å². The molecular formula is C22H21N4NaO8S2+. The number of amides is 3. The number of hydrogen-bond acceptors (Lipinski definition) is 7. The van der Waals surface area contributed by atoms with E-state index in [0.29, 0.717) is 5.57 Å². The second kappa shape index (κ2) is 11.3. The predicted octanol–water partition coefficient (Wildman–Crippen LogP) is -0.940. The smallest absolute Gasteiger partial charge is 0.352 e. The van der Waals surface area contributed by atoms with Crippen LogP contribution in [-0.2, 0) is 31.0 Å². The van der Waals surface area contributed by atoms with Gasteiger partial charge in [-0.05, 0) is 5.56 Å². The molecule has 1 radical (unpaired) electrons. The van der Waals surface area contributed by atoms with Gasteiger partial charge < -0.3 is 16.2 Å². The number of carboxylic acids is 1. The first kappa shape index (κ1) is 28.8. The summed E-state index contributed by atoms with van der Waals surface area (Å²) < 4.78 is 35.1. The first-order chi connectivity index (χ1) is 17.0. The van der Waals surface area contributed by atoms with E-state index in [4.69, 9.17) is 5.73 Å². The van der Waals surface area contributed by atoms with Crippen molar-refractivity contribution in [2.45, 2.75) is 23.2 Å². The van der Waals surface area contributed by atoms with E-state index in [-0.39, 0.29) is 58.7 Å². The van der Waals surface area contributed by atoms with Gasteiger partial charge in [0, 0.05) is 53.0 Å². The Hall–Kier alpha value is -2.75. The number of carbonyl (C=O) groups excluding carboxylic acids is 3. The number of pyridine rings is 1. The summed E-state index contributed by atoms with van der Waals surface area (Å²) in [5.74, 6) is -3.53. The van der Waals surface area contributed by atoms with Gasteiger partial charge in [0.2, 0.25) is 11.8 Å². The van der Waals surface area contributed by atoms with E-state index in [1.165, 1.54) is 48.2 Å². The summed E-state index contributed by atoms with van der Waals surface area (Å²) in [5, 5.41) is 9.47. The van der Waals surface area contributed by atoms with Gasteiger partial charge >= 0.3 is 5.97 Å². The van der Waals surface area contributed by atoms with Crippen LogP contribution in [0, 0.1) is 0 Å². The van der Waals surface area contributed by atoms with Crippen molar-refractivity contribution in [3.63, 3.8) is 0 Å². The van der Waals surface area contributed by atoms with E-state index >= 15 is 0 Å². The molecule has 0 saturated carbocycles. The van der Waals surface area contributed by atoms with Crippen molar-refractivity contribution in [1.29, 1.82) is 0 Å². The summed E-state index contributed by atoms with van der Waals surface area (Å²) in [6.45, 7) is 0.125. The van der Waals surface area contributed by atoms with Gasteiger partial charge in [0.05, 0.1) is 5.56 Å². The number of nitrogens with zero attached hydrogens (tertiary/aromatic N) is 2. The van der Waals surface area contributed by atoms with Gasteiger partial charge in [-0.15, -0.1) is 11.8 Å². The van der Waals surface area contributed by atoms with Crippen molar-refractivity contribution < 1.29 is 41.8 Å². The Balaban J connectivity index is 0.00000380. The normalized spacial score (nSPS) is 19.7. The summed E-state index contributed by atoms with van der Waals surface area (Å²) in [5.41, 5.74) is 5.73. The number of thioether (sulfide) groups is 1. The van der Waals surface area contributed by atoms with Crippen LogP contribution in [0.3, 0.4) is 0 Å². The van der Waals surface area contributed by atoms with Crippen molar-refractivity contribution in [2.24, 2.45) is 5.73 Å². The Morgan fingerprint density at radius 3 is 2.32 bits per heavy atom. The molecule has 37 heavy (non-hydrogen) atoms. The average molecular weight is 557 g/mol. The average Bonchev–Trinajstić information content (AvgIpc) is 2.82. The molecule has 5 N–H and O–H groups in total. The molecular weight excluding hydrogens is 535 g/mol. The third kappa shape index (κ3) is 5.89. The Morgan fingerprint density at radius 2 is 1.78 bits per heavy atom. The SMILES string of the molecule is NC(=O)c1cc[n+](CC2=C(C(=O)O)N3C(=O)C(NC(=O)C(c4ccccc4)S(=O)(=O)O)C3SC2)cc1.[Na]. The summed E-state index contributed by atoms with van der Waals surface area (Å²) in [6.07, 6.45) is 3.12. The number of carbonyl (C=O) groups is 4. The topological polar surface area (TPSA) is 188 Å². The van der Waals surface area contributed by atoms with Crippen LogP contribution >= 0.6 is 11.8 Å². The Morgan fingerprint density at radius 1 is 1.16 bits per heavy atom. The van der Waals surface area contributed by atoms with Gasteiger partial charge in [0.15, 0.2) is 24.2 Å². The quantitative estimate of drug-likeness (QED) is 0.138. The van der Waals surface area contributed by atoms with Gasteiger partial charge in [-0.25, -0.2) is 9.36 Å². The first-order valence-electron chi connectivity index (χ1n) is 10.5. The molecule has 0 aliphatic carbocycles. The zero-order chi connectivity index (χ0) is 26.2. The summed E-state index contributed by atoms with van der Waals surface area (Å²) >= 11 is 1.21. The third-order valence-corrected chi connectivity index (χ3v) is 8.16. The zero-order valence-corrected chi connectivity index (χ0v) is 23.1. The van der Waals surface area contributed by atoms with Gasteiger partial charge in [-0.2, -0.15) is 8.42 Å². The molecule has 0 spiro atoms. The maximum atomic E-state index is 12.9. The minimum absolute atomic E-state index is 0. The maximum absolute atomic E-state index is 12.9. The zero-order valence-electron chi connectivity index (χ0n) is 19.5. The molecule has 3 unspecified atom stereocenters. The first-order valence-corrected chi connectivity index (χ1v) is 13.0. The fourth-order valence-corrected chi connectivity index (χ4v) is 6.24. The van der Waals surface area contributed by atoms with Crippen molar-refractivity contribution >= 4 is 75.1 Å². The van der Waals surface area contributed by atoms with Gasteiger partial charge in [0.1, 0.15) is 17.1 Å². The summed E-state index contributed by atoms with van der Waals surface area (Å²) in [4.78, 5) is 50.1. The van der Waals surface area contributed by atoms with Crippen LogP contribution in [-0.4, -0.2) is 93.4 Å². The second-order valence-electron chi connectivity index (χ2n) is 8.08. The number of rotatable bonds is 8. The van der Waals surface area contributed by atoms with Crippen LogP contribution in [0.25, 0.3) is 0 Å². The molecule has 0 bridgehead atoms. The fourth-order valence-electron chi connectivity index (χ4n) is 4.07. The van der Waals surface area contributed by atoms with Gasteiger partial charge in [0.25, 0.3) is 16.0 Å². The molecule has 12 nitrogen and oxygen atoms in total. The van der Waals surface area contributed by atoms with E-state index < -0.39 is 50.5 Å². The number of hydrogen-bond donors (Lipinski definition) is 4. The molecule has 1 fully saturated rings. The minimum Gasteiger partial charge on any atom is -0.477 e. The molecule has 4 rings (SSSR count). The molecule has 3 heterocycles. The molecule has 3 amide bonds. The minimum atomic E-state index is -4.85. The summed E-state index contributed by atoms with van der Waals surface area (Å²) in [6, 6.07) is 9.12. The summed E-state index contributed by atoms with van der Waals surface area (Å²) in [7, 11) is -4.85. The molecule has 189 valence electrons. The van der Waals surface area contributed by atoms with E-state index in [1.54, 1.807) is 23.0 Å². The van der Waals surface area contributed by atoms with Crippen molar-refractivity contribution in [3.05, 3.63) is 77.3 Å². The molecule has 2 aliphatic heterocycles. The number of nitrogens with one attached hydrogen (secondary N) is 1. The molecule has 1 aromatic carbocycles. The van der Waals surface area contributed by atoms with Crippen LogP contribution in [0.4, 0.5) is 0 Å². The van der Waals surface area contributed by atoms with E-state index in [9.17, 15) is 37.3 Å². The van der Waals surface area contributed by atoms with E-state index in [0.717, 1.165) is 4.90 Å². The van der Waals surface area contributed by atoms with Crippen LogP contribution in [0.5, 0.6) is 0 Å². The van der Waals surface area contributed by atoms with Crippen LogP contribution in [0.2, 0.25) is 0 Å². The van der Waals surface area contributed by atoms with Crippen LogP contribution in [0.15, 0.2) is 66.1 Å². The van der Waals surface area contributed by atoms with Gasteiger partial charge in [-0.3, -0.25) is 23.8 Å². The van der Waals surface area contributed by atoms with Crippen LogP contribution < -0.4 is 15.6 Å². The molecule has 1 saturated heterocycles. The molecule has 1 aromatic heterocycles. The van der Waals surface area contributed by atoms with Crippen molar-refractivity contribution in [1.82, 2.24) is 10.2 Å². The number of fused-ring (bicyclic) bond motifs is 1. The number of β-lactam (4-membered cyclic amide) rings is 1. The molecule has 3 atom stereocenters. The Labute approximate surface area is 237 Å². The maximum Gasteiger partial charge on any atom is 0.352 e. The number of carboxylic acid groups (broad SMARTS) is 1. The monoisotopic (exact) mass is 556 g/mol. The number of aromatic nitrogens is 1. The molecule has 2 aromatic rings. The van der Waals surface area contributed by atoms with Crippen molar-refractivity contribution in [3.8, 4) is 0 Å². The Bertz CT molecular complexity index is 1380. The van der Waals surface area contributed by atoms with Gasteiger partial charge in [-0.1, -0.05) is 30.3 Å². The third-order valence-electron chi connectivity index (χ3n) is 5.73. The van der Waals surface area contributed by atoms with Crippen LogP contribution in [0.1, 0.15) is 21.2 Å². The number of aliphatic carboxylic acids is 1. The second-order valence-corrected chi connectivity index (χ2v) is 10.7. The number of nitrogens with two attached hydrogens (primary N) is 1. The number of primary amides is 1. The Kier molecular flexibility index (Phi) is 8.82. The van der Waals surface area contributed by atoms with Crippen molar-refractivity contribution in [2.75, 3.05) is 5.75 Å².